The SMILES string of the molecule is CCN(CC)c1ccccc1.CCN(CC)c1ccccc1.O=P(O)(O)O. The van der Waals surface area contributed by atoms with Crippen molar-refractivity contribution in [3.05, 3.63) is 60.7 Å². The van der Waals surface area contributed by atoms with E-state index in [9.17, 15) is 0 Å². The number of phosphoric acid groups is 1. The number of anilines is 2. The Labute approximate surface area is 163 Å². The maximum atomic E-state index is 8.88. The van der Waals surface area contributed by atoms with Gasteiger partial charge in [-0.3, -0.25) is 0 Å². The van der Waals surface area contributed by atoms with Crippen LogP contribution in [0.1, 0.15) is 27.7 Å². The zero-order valence-electron chi connectivity index (χ0n) is 16.7. The summed E-state index contributed by atoms with van der Waals surface area (Å²) in [6.07, 6.45) is 0. The van der Waals surface area contributed by atoms with Gasteiger partial charge in [-0.15, -0.1) is 0 Å². The number of benzene rings is 2. The Hall–Kier alpha value is -1.85. The monoisotopic (exact) mass is 396 g/mol. The molecule has 0 saturated carbocycles. The van der Waals surface area contributed by atoms with Gasteiger partial charge in [0, 0.05) is 37.6 Å². The summed E-state index contributed by atoms with van der Waals surface area (Å²) in [5.74, 6) is 0. The molecule has 0 fully saturated rings. The van der Waals surface area contributed by atoms with Crippen LogP contribution >= 0.6 is 7.82 Å². The Balaban J connectivity index is 0.000000405. The van der Waals surface area contributed by atoms with Crippen molar-refractivity contribution in [1.82, 2.24) is 0 Å². The van der Waals surface area contributed by atoms with Crippen molar-refractivity contribution in [2.75, 3.05) is 36.0 Å². The molecule has 0 aliphatic rings. The second-order valence-electron chi connectivity index (χ2n) is 5.53. The van der Waals surface area contributed by atoms with Crippen molar-refractivity contribution >= 4 is 19.2 Å². The summed E-state index contributed by atoms with van der Waals surface area (Å²) in [5, 5.41) is 0. The number of nitrogens with zero attached hydrogens (tertiary/aromatic N) is 2. The molecular formula is C20H33N2O4P. The maximum Gasteiger partial charge on any atom is 0.466 e. The molecule has 0 amide bonds. The molecule has 0 aromatic heterocycles. The van der Waals surface area contributed by atoms with Crippen LogP contribution in [0.2, 0.25) is 0 Å². The lowest BCUT2D eigenvalue weighted by molar-refractivity contribution is 0.275. The second kappa shape index (κ2) is 14.2. The van der Waals surface area contributed by atoms with Crippen LogP contribution in [-0.2, 0) is 4.57 Å². The van der Waals surface area contributed by atoms with Gasteiger partial charge in [0.1, 0.15) is 0 Å². The second-order valence-corrected chi connectivity index (χ2v) is 6.56. The molecule has 0 atom stereocenters. The zero-order valence-corrected chi connectivity index (χ0v) is 17.6. The summed E-state index contributed by atoms with van der Waals surface area (Å²) in [6, 6.07) is 21.0. The largest absolute Gasteiger partial charge is 0.466 e. The van der Waals surface area contributed by atoms with Gasteiger partial charge in [-0.05, 0) is 52.0 Å². The molecule has 0 heterocycles. The summed E-state index contributed by atoms with van der Waals surface area (Å²) < 4.78 is 8.88. The van der Waals surface area contributed by atoms with E-state index in [2.05, 4.69) is 86.0 Å². The van der Waals surface area contributed by atoms with Crippen LogP contribution in [0.3, 0.4) is 0 Å². The van der Waals surface area contributed by atoms with Gasteiger partial charge in [-0.2, -0.15) is 0 Å². The first-order chi connectivity index (χ1) is 12.8. The van der Waals surface area contributed by atoms with E-state index in [4.69, 9.17) is 19.2 Å². The van der Waals surface area contributed by atoms with Crippen molar-refractivity contribution in [3.8, 4) is 0 Å². The van der Waals surface area contributed by atoms with Crippen LogP contribution in [0.5, 0.6) is 0 Å². The minimum atomic E-state index is -4.64. The molecule has 0 unspecified atom stereocenters. The third kappa shape index (κ3) is 13.0. The predicted octanol–water partition coefficient (Wildman–Crippen LogP) is 4.14. The van der Waals surface area contributed by atoms with Crippen LogP contribution in [0, 0.1) is 0 Å². The van der Waals surface area contributed by atoms with Crippen LogP contribution in [0.25, 0.3) is 0 Å². The first-order valence-electron chi connectivity index (χ1n) is 9.14. The van der Waals surface area contributed by atoms with E-state index >= 15 is 0 Å². The zero-order chi connectivity index (χ0) is 20.7. The van der Waals surface area contributed by atoms with Gasteiger partial charge in [0.2, 0.25) is 0 Å². The van der Waals surface area contributed by atoms with E-state index in [-0.39, 0.29) is 0 Å². The molecule has 0 bridgehead atoms. The quantitative estimate of drug-likeness (QED) is 0.637. The van der Waals surface area contributed by atoms with E-state index in [0.29, 0.717) is 0 Å². The third-order valence-electron chi connectivity index (χ3n) is 3.77. The summed E-state index contributed by atoms with van der Waals surface area (Å²) in [5.41, 5.74) is 2.63. The minimum Gasteiger partial charge on any atom is -0.372 e. The van der Waals surface area contributed by atoms with Crippen LogP contribution in [0.4, 0.5) is 11.4 Å². The molecule has 2 aromatic rings. The number of hydrogen-bond acceptors (Lipinski definition) is 3. The molecule has 152 valence electrons. The molecule has 0 aliphatic carbocycles. The summed E-state index contributed by atoms with van der Waals surface area (Å²) in [7, 11) is -4.64. The minimum absolute atomic E-state index is 1.08. The van der Waals surface area contributed by atoms with Gasteiger partial charge in [-0.1, -0.05) is 36.4 Å². The highest BCUT2D eigenvalue weighted by atomic mass is 31.2. The highest BCUT2D eigenvalue weighted by Crippen LogP contribution is 2.25. The number of para-hydroxylation sites is 2. The van der Waals surface area contributed by atoms with Gasteiger partial charge < -0.3 is 24.5 Å². The predicted molar refractivity (Wildman–Crippen MR) is 114 cm³/mol. The Morgan fingerprint density at radius 1 is 0.630 bits per heavy atom. The van der Waals surface area contributed by atoms with Crippen LogP contribution < -0.4 is 9.80 Å². The molecule has 6 nitrogen and oxygen atoms in total. The molecule has 2 aromatic carbocycles. The van der Waals surface area contributed by atoms with Crippen LogP contribution in [-0.4, -0.2) is 40.9 Å². The first-order valence-corrected chi connectivity index (χ1v) is 10.7. The number of hydrogen-bond donors (Lipinski definition) is 3. The molecule has 3 N–H and O–H groups in total. The lowest BCUT2D eigenvalue weighted by Crippen LogP contribution is -2.21. The third-order valence-corrected chi connectivity index (χ3v) is 3.77. The molecule has 27 heavy (non-hydrogen) atoms. The molecule has 0 saturated heterocycles. The van der Waals surface area contributed by atoms with Crippen molar-refractivity contribution in [1.29, 1.82) is 0 Å². The average molecular weight is 396 g/mol. The van der Waals surface area contributed by atoms with E-state index in [1.165, 1.54) is 11.4 Å². The summed E-state index contributed by atoms with van der Waals surface area (Å²) >= 11 is 0. The molecule has 7 heteroatoms. The van der Waals surface area contributed by atoms with Crippen molar-refractivity contribution < 1.29 is 19.2 Å². The average Bonchev–Trinajstić information content (AvgIpc) is 2.65. The summed E-state index contributed by atoms with van der Waals surface area (Å²) in [6.45, 7) is 13.0. The van der Waals surface area contributed by atoms with Crippen molar-refractivity contribution in [2.24, 2.45) is 0 Å². The van der Waals surface area contributed by atoms with Gasteiger partial charge >= 0.3 is 7.82 Å². The topological polar surface area (TPSA) is 84.2 Å². The highest BCUT2D eigenvalue weighted by Gasteiger charge is 2.00. The maximum absolute atomic E-state index is 8.88. The van der Waals surface area contributed by atoms with Crippen molar-refractivity contribution in [3.63, 3.8) is 0 Å². The fourth-order valence-corrected chi connectivity index (χ4v) is 2.46. The van der Waals surface area contributed by atoms with Gasteiger partial charge in [0.15, 0.2) is 0 Å². The molecule has 0 spiro atoms. The molecule has 0 radical (unpaired) electrons. The molecule has 2 rings (SSSR count). The van der Waals surface area contributed by atoms with E-state index in [1.807, 2.05) is 12.1 Å². The normalized spacial score (nSPS) is 10.0. The van der Waals surface area contributed by atoms with Gasteiger partial charge in [0.25, 0.3) is 0 Å². The first kappa shape index (κ1) is 25.1. The summed E-state index contributed by atoms with van der Waals surface area (Å²) in [4.78, 5) is 26.2. The van der Waals surface area contributed by atoms with Gasteiger partial charge in [0.05, 0.1) is 0 Å². The fraction of sp³-hybridized carbons (Fsp3) is 0.400. The van der Waals surface area contributed by atoms with E-state index in [0.717, 1.165) is 26.2 Å². The molecular weight excluding hydrogens is 363 g/mol. The lowest BCUT2D eigenvalue weighted by Gasteiger charge is -2.20. The van der Waals surface area contributed by atoms with Gasteiger partial charge in [-0.25, -0.2) is 4.57 Å². The van der Waals surface area contributed by atoms with E-state index in [1.54, 1.807) is 0 Å². The standard InChI is InChI=1S/2C10H15N.H3O4P/c2*1-3-11(4-2)10-8-6-5-7-9-10;1-5(2,3)4/h2*5-9H,3-4H2,1-2H3;(H3,1,2,3,4). The van der Waals surface area contributed by atoms with Crippen LogP contribution in [0.15, 0.2) is 60.7 Å². The lowest BCUT2D eigenvalue weighted by atomic mass is 10.3. The van der Waals surface area contributed by atoms with Crippen molar-refractivity contribution in [2.45, 2.75) is 27.7 Å². The fourth-order valence-electron chi connectivity index (χ4n) is 2.46. The number of rotatable bonds is 6. The Bertz CT molecular complexity index is 571. The Morgan fingerprint density at radius 3 is 1.04 bits per heavy atom. The Morgan fingerprint density at radius 2 is 0.852 bits per heavy atom. The molecule has 0 aliphatic heterocycles. The smallest absolute Gasteiger partial charge is 0.372 e. The highest BCUT2D eigenvalue weighted by molar-refractivity contribution is 7.45. The van der Waals surface area contributed by atoms with E-state index < -0.39 is 7.82 Å². The Kier molecular flexibility index (Phi) is 13.3.